The Morgan fingerprint density at radius 1 is 1.00 bits per heavy atom. The first kappa shape index (κ1) is 16.2. The Balaban J connectivity index is 1.31. The summed E-state index contributed by atoms with van der Waals surface area (Å²) in [6, 6.07) is 0.860. The lowest BCUT2D eigenvalue weighted by Crippen LogP contribution is -3.21. The van der Waals surface area contributed by atoms with Gasteiger partial charge in [0, 0.05) is 26.0 Å². The Morgan fingerprint density at radius 2 is 1.77 bits per heavy atom. The number of rotatable bonds is 5. The van der Waals surface area contributed by atoms with Crippen LogP contribution in [0.5, 0.6) is 0 Å². The molecule has 5 nitrogen and oxygen atoms in total. The maximum atomic E-state index is 12.1. The number of quaternary nitrogens is 2. The second kappa shape index (κ2) is 8.27. The number of amides is 1. The molecule has 3 heterocycles. The zero-order valence-electron chi connectivity index (χ0n) is 13.9. The fraction of sp³-hybridized carbons (Fsp3) is 0.941. The van der Waals surface area contributed by atoms with Crippen molar-refractivity contribution >= 4 is 5.91 Å². The minimum Gasteiger partial charge on any atom is -0.376 e. The van der Waals surface area contributed by atoms with E-state index in [1.54, 1.807) is 0 Å². The van der Waals surface area contributed by atoms with Gasteiger partial charge in [0.05, 0.1) is 38.3 Å². The van der Waals surface area contributed by atoms with Crippen molar-refractivity contribution in [3.8, 4) is 0 Å². The van der Waals surface area contributed by atoms with E-state index in [9.17, 15) is 4.79 Å². The van der Waals surface area contributed by atoms with Gasteiger partial charge in [-0.05, 0) is 32.1 Å². The molecule has 5 heteroatoms. The van der Waals surface area contributed by atoms with E-state index in [0.717, 1.165) is 25.5 Å². The normalized spacial score (nSPS) is 33.7. The number of likely N-dealkylation sites (tertiary alicyclic amines) is 2. The molecule has 3 aliphatic rings. The van der Waals surface area contributed by atoms with Crippen molar-refractivity contribution in [3.63, 3.8) is 0 Å². The highest BCUT2D eigenvalue weighted by molar-refractivity contribution is 5.76. The van der Waals surface area contributed by atoms with Gasteiger partial charge >= 0.3 is 0 Å². The Kier molecular flexibility index (Phi) is 6.10. The topological polar surface area (TPSA) is 47.2 Å². The van der Waals surface area contributed by atoms with Crippen molar-refractivity contribution in [2.24, 2.45) is 0 Å². The van der Waals surface area contributed by atoms with Gasteiger partial charge in [0.2, 0.25) is 0 Å². The number of hydrogen-bond acceptors (Lipinski definition) is 2. The van der Waals surface area contributed by atoms with Crippen LogP contribution in [0, 0.1) is 0 Å². The molecular weight excluding hydrogens is 278 g/mol. The molecule has 3 N–H and O–H groups in total. The molecule has 0 spiro atoms. The maximum Gasteiger partial charge on any atom is 0.275 e. The summed E-state index contributed by atoms with van der Waals surface area (Å²) in [5.74, 6) is 0.203. The lowest BCUT2D eigenvalue weighted by Gasteiger charge is -2.35. The van der Waals surface area contributed by atoms with Crippen LogP contribution >= 0.6 is 0 Å². The third kappa shape index (κ3) is 4.67. The summed E-state index contributed by atoms with van der Waals surface area (Å²) in [4.78, 5) is 15.4. The Morgan fingerprint density at radius 3 is 2.45 bits per heavy atom. The molecular formula is C17H33N3O2+2. The van der Waals surface area contributed by atoms with Crippen LogP contribution in [0.2, 0.25) is 0 Å². The number of hydrogen-bond donors (Lipinski definition) is 3. The summed E-state index contributed by atoms with van der Waals surface area (Å²) in [6.07, 6.45) is 9.33. The van der Waals surface area contributed by atoms with E-state index >= 15 is 0 Å². The van der Waals surface area contributed by atoms with Crippen molar-refractivity contribution in [1.82, 2.24) is 5.32 Å². The average molecular weight is 311 g/mol. The molecule has 0 aliphatic carbocycles. The van der Waals surface area contributed by atoms with E-state index in [4.69, 9.17) is 4.74 Å². The number of carbonyl (C=O) groups is 1. The number of nitrogens with one attached hydrogen (secondary N) is 3. The van der Waals surface area contributed by atoms with Gasteiger partial charge in [-0.25, -0.2) is 0 Å². The lowest BCUT2D eigenvalue weighted by molar-refractivity contribution is -0.958. The highest BCUT2D eigenvalue weighted by atomic mass is 16.5. The Bertz CT molecular complexity index is 344. The monoisotopic (exact) mass is 311 g/mol. The van der Waals surface area contributed by atoms with E-state index in [1.165, 1.54) is 63.2 Å². The standard InChI is InChI=1S/C17H31N3O2/c21-17(18-13-16-5-4-12-22-16)14-19-10-6-15(7-11-19)20-8-2-1-3-9-20/h15-16H,1-14H2,(H,18,21)/p+2/t16-/m1/s1. The summed E-state index contributed by atoms with van der Waals surface area (Å²) < 4.78 is 5.55. The third-order valence-electron chi connectivity index (χ3n) is 5.73. The van der Waals surface area contributed by atoms with Crippen LogP contribution in [-0.2, 0) is 9.53 Å². The van der Waals surface area contributed by atoms with Crippen LogP contribution in [0.1, 0.15) is 44.9 Å². The first-order valence-electron chi connectivity index (χ1n) is 9.38. The molecule has 0 saturated carbocycles. The molecule has 3 saturated heterocycles. The predicted octanol–water partition coefficient (Wildman–Crippen LogP) is -1.60. The minimum absolute atomic E-state index is 0.203. The molecule has 1 atom stereocenters. The number of carbonyl (C=O) groups excluding carboxylic acids is 1. The van der Waals surface area contributed by atoms with Crippen LogP contribution in [0.25, 0.3) is 0 Å². The van der Waals surface area contributed by atoms with E-state index < -0.39 is 0 Å². The van der Waals surface area contributed by atoms with Gasteiger partial charge in [0.25, 0.3) is 5.91 Å². The van der Waals surface area contributed by atoms with Crippen LogP contribution in [0.3, 0.4) is 0 Å². The van der Waals surface area contributed by atoms with Crippen LogP contribution in [-0.4, -0.2) is 63.9 Å². The van der Waals surface area contributed by atoms with Crippen molar-refractivity contribution in [2.45, 2.75) is 57.1 Å². The van der Waals surface area contributed by atoms with E-state index in [0.29, 0.717) is 13.1 Å². The molecule has 0 radical (unpaired) electrons. The first-order chi connectivity index (χ1) is 10.8. The second-order valence-corrected chi connectivity index (χ2v) is 7.36. The molecule has 0 aromatic rings. The van der Waals surface area contributed by atoms with E-state index in [-0.39, 0.29) is 12.0 Å². The van der Waals surface area contributed by atoms with Crippen LogP contribution < -0.4 is 15.1 Å². The molecule has 22 heavy (non-hydrogen) atoms. The number of piperidine rings is 2. The largest absolute Gasteiger partial charge is 0.376 e. The Labute approximate surface area is 134 Å². The van der Waals surface area contributed by atoms with Crippen LogP contribution in [0.4, 0.5) is 0 Å². The molecule has 126 valence electrons. The molecule has 0 bridgehead atoms. The quantitative estimate of drug-likeness (QED) is 0.573. The zero-order chi connectivity index (χ0) is 15.2. The van der Waals surface area contributed by atoms with Crippen LogP contribution in [0.15, 0.2) is 0 Å². The van der Waals surface area contributed by atoms with Gasteiger partial charge in [-0.2, -0.15) is 0 Å². The van der Waals surface area contributed by atoms with Gasteiger partial charge in [0.1, 0.15) is 0 Å². The molecule has 0 aromatic heterocycles. The average Bonchev–Trinajstić information content (AvgIpc) is 3.08. The van der Waals surface area contributed by atoms with Gasteiger partial charge in [-0.3, -0.25) is 4.79 Å². The SMILES string of the molecule is O=C(C[NH+]1CCC([NH+]2CCCCC2)CC1)NC[C@H]1CCCO1. The third-order valence-corrected chi connectivity index (χ3v) is 5.73. The molecule has 3 fully saturated rings. The molecule has 3 rings (SSSR count). The minimum atomic E-state index is 0.203. The van der Waals surface area contributed by atoms with E-state index in [1.807, 2.05) is 4.90 Å². The summed E-state index contributed by atoms with van der Waals surface area (Å²) in [6.45, 7) is 7.30. The van der Waals surface area contributed by atoms with Gasteiger partial charge < -0.3 is 19.9 Å². The highest BCUT2D eigenvalue weighted by Gasteiger charge is 2.31. The summed E-state index contributed by atoms with van der Waals surface area (Å²) in [7, 11) is 0. The summed E-state index contributed by atoms with van der Waals surface area (Å²) in [5, 5.41) is 3.06. The smallest absolute Gasteiger partial charge is 0.275 e. The van der Waals surface area contributed by atoms with Crippen molar-refractivity contribution in [2.75, 3.05) is 45.9 Å². The van der Waals surface area contributed by atoms with Gasteiger partial charge in [-0.1, -0.05) is 0 Å². The zero-order valence-corrected chi connectivity index (χ0v) is 13.9. The fourth-order valence-corrected chi connectivity index (χ4v) is 4.35. The van der Waals surface area contributed by atoms with Crippen molar-refractivity contribution in [1.29, 1.82) is 0 Å². The van der Waals surface area contributed by atoms with Crippen molar-refractivity contribution in [3.05, 3.63) is 0 Å². The molecule has 1 amide bonds. The number of ether oxygens (including phenoxy) is 1. The van der Waals surface area contributed by atoms with Gasteiger partial charge in [-0.15, -0.1) is 0 Å². The fourth-order valence-electron chi connectivity index (χ4n) is 4.35. The predicted molar refractivity (Wildman–Crippen MR) is 85.1 cm³/mol. The lowest BCUT2D eigenvalue weighted by atomic mass is 10.00. The summed E-state index contributed by atoms with van der Waals surface area (Å²) in [5.41, 5.74) is 0. The van der Waals surface area contributed by atoms with E-state index in [2.05, 4.69) is 5.32 Å². The Hall–Kier alpha value is -0.650. The molecule has 0 unspecified atom stereocenters. The second-order valence-electron chi connectivity index (χ2n) is 7.36. The summed E-state index contributed by atoms with van der Waals surface area (Å²) >= 11 is 0. The van der Waals surface area contributed by atoms with Crippen molar-refractivity contribution < 1.29 is 19.3 Å². The molecule has 3 aliphatic heterocycles. The first-order valence-corrected chi connectivity index (χ1v) is 9.38. The maximum absolute atomic E-state index is 12.1. The molecule has 0 aromatic carbocycles. The van der Waals surface area contributed by atoms with Gasteiger partial charge in [0.15, 0.2) is 6.54 Å². The highest BCUT2D eigenvalue weighted by Crippen LogP contribution is 2.10.